The van der Waals surface area contributed by atoms with Crippen LogP contribution in [0, 0.1) is 11.7 Å². The molecule has 0 amide bonds. The molecule has 94 valence electrons. The second-order valence-electron chi connectivity index (χ2n) is 5.08. The molecule has 1 aliphatic carbocycles. The minimum atomic E-state index is -0.170. The molecule has 0 aromatic heterocycles. The molecule has 2 unspecified atom stereocenters. The fraction of sp³-hybridized carbons (Fsp3) is 0.571. The molecule has 2 rings (SSSR count). The summed E-state index contributed by atoms with van der Waals surface area (Å²) in [7, 11) is 0. The third kappa shape index (κ3) is 3.70. The Morgan fingerprint density at radius 3 is 2.82 bits per heavy atom. The summed E-state index contributed by atoms with van der Waals surface area (Å²) in [6, 6.07) is 5.63. The van der Waals surface area contributed by atoms with Crippen molar-refractivity contribution in [3.8, 4) is 0 Å². The molecule has 3 heteroatoms. The van der Waals surface area contributed by atoms with E-state index in [0.717, 1.165) is 23.2 Å². The van der Waals surface area contributed by atoms with Crippen LogP contribution in [-0.4, -0.2) is 6.04 Å². The van der Waals surface area contributed by atoms with Gasteiger partial charge in [-0.2, -0.15) is 0 Å². The summed E-state index contributed by atoms with van der Waals surface area (Å²) < 4.78 is 14.5. The maximum atomic E-state index is 13.7. The average Bonchev–Trinajstić information content (AvgIpc) is 2.48. The zero-order valence-electron chi connectivity index (χ0n) is 10.2. The van der Waals surface area contributed by atoms with Crippen molar-refractivity contribution in [1.29, 1.82) is 0 Å². The number of nitrogens with one attached hydrogen (secondary N) is 1. The summed E-state index contributed by atoms with van der Waals surface area (Å²) in [4.78, 5) is 0. The van der Waals surface area contributed by atoms with Gasteiger partial charge in [0.1, 0.15) is 5.82 Å². The molecule has 1 nitrogen and oxygen atoms in total. The summed E-state index contributed by atoms with van der Waals surface area (Å²) in [6.45, 7) is 2.31. The fourth-order valence-electron chi connectivity index (χ4n) is 2.46. The number of hydrogen-bond donors (Lipinski definition) is 1. The van der Waals surface area contributed by atoms with Crippen molar-refractivity contribution < 1.29 is 4.39 Å². The monoisotopic (exact) mass is 299 g/mol. The quantitative estimate of drug-likeness (QED) is 0.760. The van der Waals surface area contributed by atoms with Crippen molar-refractivity contribution >= 4 is 21.6 Å². The van der Waals surface area contributed by atoms with Crippen molar-refractivity contribution in [1.82, 2.24) is 0 Å². The second-order valence-corrected chi connectivity index (χ2v) is 5.99. The first-order chi connectivity index (χ1) is 8.15. The third-order valence-corrected chi connectivity index (χ3v) is 4.04. The summed E-state index contributed by atoms with van der Waals surface area (Å²) in [6.07, 6.45) is 6.10. The summed E-state index contributed by atoms with van der Waals surface area (Å²) >= 11 is 3.27. The lowest BCUT2D eigenvalue weighted by atomic mass is 10.0. The summed E-state index contributed by atoms with van der Waals surface area (Å²) in [5.41, 5.74) is 0.632. The Bertz CT molecular complexity index is 380. The van der Waals surface area contributed by atoms with Gasteiger partial charge in [0.2, 0.25) is 0 Å². The highest BCUT2D eigenvalue weighted by atomic mass is 79.9. The van der Waals surface area contributed by atoms with E-state index < -0.39 is 0 Å². The number of benzene rings is 1. The highest BCUT2D eigenvalue weighted by Crippen LogP contribution is 2.26. The van der Waals surface area contributed by atoms with Crippen LogP contribution in [0.25, 0.3) is 0 Å². The lowest BCUT2D eigenvalue weighted by Gasteiger charge is -2.18. The average molecular weight is 300 g/mol. The number of hydrogen-bond acceptors (Lipinski definition) is 1. The number of halogens is 2. The van der Waals surface area contributed by atoms with Crippen molar-refractivity contribution in [3.05, 3.63) is 28.5 Å². The molecule has 1 N–H and O–H groups in total. The van der Waals surface area contributed by atoms with Crippen molar-refractivity contribution in [3.63, 3.8) is 0 Å². The first-order valence-electron chi connectivity index (χ1n) is 6.37. The van der Waals surface area contributed by atoms with E-state index in [0.29, 0.717) is 11.7 Å². The van der Waals surface area contributed by atoms with Crippen LogP contribution < -0.4 is 5.32 Å². The normalized spacial score (nSPS) is 25.4. The molecule has 0 radical (unpaired) electrons. The predicted octanol–water partition coefficient (Wildman–Crippen LogP) is 4.97. The molecule has 1 aromatic carbocycles. The van der Waals surface area contributed by atoms with E-state index in [4.69, 9.17) is 0 Å². The summed E-state index contributed by atoms with van der Waals surface area (Å²) in [5, 5.41) is 3.34. The molecule has 1 aromatic rings. The lowest BCUT2D eigenvalue weighted by molar-refractivity contribution is 0.501. The van der Waals surface area contributed by atoms with Crippen molar-refractivity contribution in [2.75, 3.05) is 5.32 Å². The Labute approximate surface area is 111 Å². The van der Waals surface area contributed by atoms with Crippen LogP contribution in [0.2, 0.25) is 0 Å². The van der Waals surface area contributed by atoms with Gasteiger partial charge in [-0.3, -0.25) is 0 Å². The van der Waals surface area contributed by atoms with Gasteiger partial charge in [0, 0.05) is 10.5 Å². The Kier molecular flexibility index (Phi) is 4.43. The zero-order valence-corrected chi connectivity index (χ0v) is 11.8. The van der Waals surface area contributed by atoms with Crippen LogP contribution in [-0.2, 0) is 0 Å². The van der Waals surface area contributed by atoms with Crippen molar-refractivity contribution in [2.45, 2.75) is 45.1 Å². The minimum absolute atomic E-state index is 0.170. The molecule has 0 aliphatic heterocycles. The smallest absolute Gasteiger partial charge is 0.147 e. The lowest BCUT2D eigenvalue weighted by Crippen LogP contribution is -2.19. The van der Waals surface area contributed by atoms with Crippen LogP contribution in [0.4, 0.5) is 10.1 Å². The molecule has 1 aliphatic rings. The fourth-order valence-corrected chi connectivity index (χ4v) is 2.79. The third-order valence-electron chi connectivity index (χ3n) is 3.55. The topological polar surface area (TPSA) is 12.0 Å². The van der Waals surface area contributed by atoms with Gasteiger partial charge in [-0.25, -0.2) is 4.39 Å². The van der Waals surface area contributed by atoms with E-state index in [2.05, 4.69) is 28.2 Å². The van der Waals surface area contributed by atoms with E-state index in [-0.39, 0.29) is 5.82 Å². The van der Waals surface area contributed by atoms with Crippen molar-refractivity contribution in [2.24, 2.45) is 5.92 Å². The molecule has 0 saturated heterocycles. The Morgan fingerprint density at radius 2 is 2.06 bits per heavy atom. The van der Waals surface area contributed by atoms with Gasteiger partial charge in [-0.1, -0.05) is 35.7 Å². The maximum absolute atomic E-state index is 13.7. The van der Waals surface area contributed by atoms with E-state index in [1.807, 2.05) is 12.1 Å². The van der Waals surface area contributed by atoms with Gasteiger partial charge in [-0.15, -0.1) is 0 Å². The molecule has 1 fully saturated rings. The highest BCUT2D eigenvalue weighted by Gasteiger charge is 2.16. The Morgan fingerprint density at radius 1 is 1.24 bits per heavy atom. The van der Waals surface area contributed by atoms with Gasteiger partial charge >= 0.3 is 0 Å². The standard InChI is InChI=1S/C14H19BrFN/c1-10-3-2-4-12(7-5-10)17-14-8-6-11(15)9-13(14)16/h6,8-10,12,17H,2-5,7H2,1H3. The van der Waals surface area contributed by atoms with Crippen LogP contribution in [0.5, 0.6) is 0 Å². The Hall–Kier alpha value is -0.570. The maximum Gasteiger partial charge on any atom is 0.147 e. The molecule has 0 bridgehead atoms. The highest BCUT2D eigenvalue weighted by molar-refractivity contribution is 9.10. The van der Waals surface area contributed by atoms with Gasteiger partial charge in [0.15, 0.2) is 0 Å². The largest absolute Gasteiger partial charge is 0.380 e. The number of anilines is 1. The first kappa shape index (κ1) is 12.9. The van der Waals surface area contributed by atoms with Crippen LogP contribution in [0.3, 0.4) is 0 Å². The minimum Gasteiger partial charge on any atom is -0.380 e. The molecule has 1 saturated carbocycles. The van der Waals surface area contributed by atoms with Crippen LogP contribution in [0.15, 0.2) is 22.7 Å². The second kappa shape index (κ2) is 5.85. The molecule has 2 atom stereocenters. The first-order valence-corrected chi connectivity index (χ1v) is 7.16. The van der Waals surface area contributed by atoms with E-state index >= 15 is 0 Å². The molecular formula is C14H19BrFN. The van der Waals surface area contributed by atoms with E-state index in [1.165, 1.54) is 25.3 Å². The van der Waals surface area contributed by atoms with Gasteiger partial charge < -0.3 is 5.32 Å². The van der Waals surface area contributed by atoms with Gasteiger partial charge in [0.05, 0.1) is 5.69 Å². The Balaban J connectivity index is 2.00. The van der Waals surface area contributed by atoms with Gasteiger partial charge in [-0.05, 0) is 43.4 Å². The molecular weight excluding hydrogens is 281 g/mol. The van der Waals surface area contributed by atoms with E-state index in [9.17, 15) is 4.39 Å². The molecule has 0 spiro atoms. The van der Waals surface area contributed by atoms with Gasteiger partial charge in [0.25, 0.3) is 0 Å². The van der Waals surface area contributed by atoms with E-state index in [1.54, 1.807) is 0 Å². The summed E-state index contributed by atoms with van der Waals surface area (Å²) in [5.74, 6) is 0.647. The zero-order chi connectivity index (χ0) is 12.3. The molecule has 17 heavy (non-hydrogen) atoms. The SMILES string of the molecule is CC1CCCC(Nc2ccc(Br)cc2F)CC1. The number of rotatable bonds is 2. The van der Waals surface area contributed by atoms with Crippen LogP contribution in [0.1, 0.15) is 39.0 Å². The van der Waals surface area contributed by atoms with Crippen LogP contribution >= 0.6 is 15.9 Å². The predicted molar refractivity (Wildman–Crippen MR) is 73.8 cm³/mol. The molecule has 0 heterocycles.